The largest absolute Gasteiger partial charge is 0.409 e. The molecule has 116 valence electrons. The van der Waals surface area contributed by atoms with Crippen LogP contribution in [0.4, 0.5) is 26.3 Å². The maximum Gasteiger partial charge on any atom is 0.409 e. The minimum Gasteiger partial charge on any atom is -0.340 e. The van der Waals surface area contributed by atoms with Gasteiger partial charge in [-0.3, -0.25) is 4.79 Å². The fourth-order valence-corrected chi connectivity index (χ4v) is 2.87. The van der Waals surface area contributed by atoms with E-state index in [-0.39, 0.29) is 25.0 Å². The molecule has 9 heteroatoms. The van der Waals surface area contributed by atoms with Gasteiger partial charge in [-0.15, -0.1) is 0 Å². The smallest absolute Gasteiger partial charge is 0.340 e. The summed E-state index contributed by atoms with van der Waals surface area (Å²) < 4.78 is 75.0. The molecule has 2 aliphatic heterocycles. The molecule has 20 heavy (non-hydrogen) atoms. The van der Waals surface area contributed by atoms with Crippen molar-refractivity contribution in [2.75, 3.05) is 19.6 Å². The molecule has 2 saturated heterocycles. The van der Waals surface area contributed by atoms with E-state index in [1.54, 1.807) is 0 Å². The lowest BCUT2D eigenvalue weighted by atomic mass is 9.94. The number of rotatable bonds is 1. The molecule has 0 spiro atoms. The number of carbonyl (C=O) groups is 1. The maximum absolute atomic E-state index is 12.5. The summed E-state index contributed by atoms with van der Waals surface area (Å²) in [6.45, 7) is 0.538. The molecule has 0 unspecified atom stereocenters. The number of carbonyl (C=O) groups excluding carboxylic acids is 1. The van der Waals surface area contributed by atoms with E-state index in [2.05, 4.69) is 5.32 Å². The summed E-state index contributed by atoms with van der Waals surface area (Å²) in [5.41, 5.74) is 0. The Morgan fingerprint density at radius 1 is 1.10 bits per heavy atom. The predicted molar refractivity (Wildman–Crippen MR) is 56.7 cm³/mol. The van der Waals surface area contributed by atoms with Gasteiger partial charge >= 0.3 is 12.4 Å². The van der Waals surface area contributed by atoms with Crippen LogP contribution < -0.4 is 5.32 Å². The molecular formula is C11H14F6N2O. The van der Waals surface area contributed by atoms with Crippen LogP contribution in [0, 0.1) is 11.8 Å². The zero-order chi connectivity index (χ0) is 15.1. The summed E-state index contributed by atoms with van der Waals surface area (Å²) in [5.74, 6) is -5.87. The van der Waals surface area contributed by atoms with Crippen LogP contribution in [0.25, 0.3) is 0 Å². The average molecular weight is 304 g/mol. The maximum atomic E-state index is 12.5. The Hall–Kier alpha value is -0.990. The van der Waals surface area contributed by atoms with Crippen LogP contribution in [0.3, 0.4) is 0 Å². The van der Waals surface area contributed by atoms with E-state index in [0.29, 0.717) is 17.9 Å². The lowest BCUT2D eigenvalue weighted by Crippen LogP contribution is -2.49. The monoisotopic (exact) mass is 304 g/mol. The highest BCUT2D eigenvalue weighted by atomic mass is 19.4. The molecule has 0 saturated carbocycles. The molecule has 0 aliphatic carbocycles. The lowest BCUT2D eigenvalue weighted by Gasteiger charge is -2.26. The topological polar surface area (TPSA) is 32.3 Å². The highest BCUT2D eigenvalue weighted by molar-refractivity contribution is 5.80. The first-order chi connectivity index (χ1) is 9.10. The van der Waals surface area contributed by atoms with Crippen molar-refractivity contribution in [2.45, 2.75) is 31.2 Å². The van der Waals surface area contributed by atoms with Crippen molar-refractivity contribution in [1.82, 2.24) is 10.2 Å². The molecular weight excluding hydrogens is 290 g/mol. The molecule has 3 nitrogen and oxygen atoms in total. The normalized spacial score (nSPS) is 27.9. The van der Waals surface area contributed by atoms with Crippen molar-refractivity contribution >= 4 is 5.91 Å². The van der Waals surface area contributed by atoms with Gasteiger partial charge in [0.2, 0.25) is 11.8 Å². The summed E-state index contributed by atoms with van der Waals surface area (Å²) in [6, 6.07) is -0.199. The summed E-state index contributed by atoms with van der Waals surface area (Å²) in [6.07, 6.45) is -9.71. The minimum absolute atomic E-state index is 0.0425. The van der Waals surface area contributed by atoms with Gasteiger partial charge < -0.3 is 10.2 Å². The summed E-state index contributed by atoms with van der Waals surface area (Å²) >= 11 is 0. The second-order valence-corrected chi connectivity index (χ2v) is 5.22. The Morgan fingerprint density at radius 3 is 2.20 bits per heavy atom. The number of halogens is 6. The molecule has 2 heterocycles. The van der Waals surface area contributed by atoms with Crippen molar-refractivity contribution in [2.24, 2.45) is 11.8 Å². The number of amides is 1. The number of hydrogen-bond donors (Lipinski definition) is 1. The van der Waals surface area contributed by atoms with E-state index in [0.717, 1.165) is 6.42 Å². The molecule has 1 N–H and O–H groups in total. The van der Waals surface area contributed by atoms with Crippen LogP contribution in [0.15, 0.2) is 0 Å². The van der Waals surface area contributed by atoms with Gasteiger partial charge in [-0.25, -0.2) is 0 Å². The van der Waals surface area contributed by atoms with Crippen molar-refractivity contribution in [3.8, 4) is 0 Å². The quantitative estimate of drug-likeness (QED) is 0.751. The number of nitrogens with zero attached hydrogens (tertiary/aromatic N) is 1. The van der Waals surface area contributed by atoms with Gasteiger partial charge in [0.25, 0.3) is 0 Å². The third-order valence-corrected chi connectivity index (χ3v) is 3.81. The van der Waals surface area contributed by atoms with E-state index in [1.165, 1.54) is 0 Å². The highest BCUT2D eigenvalue weighted by Crippen LogP contribution is 2.41. The number of likely N-dealkylation sites (tertiary alicyclic amines) is 1. The van der Waals surface area contributed by atoms with Crippen LogP contribution in [0.2, 0.25) is 0 Å². The zero-order valence-corrected chi connectivity index (χ0v) is 10.4. The molecule has 0 aromatic rings. The summed E-state index contributed by atoms with van der Waals surface area (Å²) in [5, 5.41) is 3.03. The fraction of sp³-hybridized carbons (Fsp3) is 0.909. The van der Waals surface area contributed by atoms with Gasteiger partial charge in [0, 0.05) is 19.1 Å². The molecule has 2 atom stereocenters. The van der Waals surface area contributed by atoms with Crippen molar-refractivity contribution < 1.29 is 31.1 Å². The molecule has 0 radical (unpaired) electrons. The second-order valence-electron chi connectivity index (χ2n) is 5.22. The van der Waals surface area contributed by atoms with E-state index >= 15 is 0 Å². The summed E-state index contributed by atoms with van der Waals surface area (Å²) in [4.78, 5) is 12.3. The highest BCUT2D eigenvalue weighted by Gasteiger charge is 2.62. The van der Waals surface area contributed by atoms with E-state index in [9.17, 15) is 31.1 Å². The van der Waals surface area contributed by atoms with E-state index in [4.69, 9.17) is 0 Å². The van der Waals surface area contributed by atoms with Gasteiger partial charge in [-0.05, 0) is 25.3 Å². The van der Waals surface area contributed by atoms with Crippen molar-refractivity contribution in [3.63, 3.8) is 0 Å². The second kappa shape index (κ2) is 5.09. The Bertz CT molecular complexity index is 352. The Labute approximate surface area is 111 Å². The Morgan fingerprint density at radius 2 is 1.70 bits per heavy atom. The first-order valence-electron chi connectivity index (χ1n) is 6.26. The summed E-state index contributed by atoms with van der Waals surface area (Å²) in [7, 11) is 0. The van der Waals surface area contributed by atoms with Crippen molar-refractivity contribution in [1.29, 1.82) is 0 Å². The number of nitrogens with one attached hydrogen (secondary N) is 1. The van der Waals surface area contributed by atoms with Crippen LogP contribution in [0.5, 0.6) is 0 Å². The van der Waals surface area contributed by atoms with Crippen LogP contribution in [0.1, 0.15) is 12.8 Å². The standard InChI is InChI=1S/C11H14F6N2O/c12-10(13,14)8(11(15,16)17)9(20)19-4-6-2-1-3-18-7(6)5-19/h6-8,18H,1-5H2/t6-,7+/m0/s1. The van der Waals surface area contributed by atoms with Crippen molar-refractivity contribution in [3.05, 3.63) is 0 Å². The number of fused-ring (bicyclic) bond motifs is 1. The van der Waals surface area contributed by atoms with Gasteiger partial charge in [0.05, 0.1) is 0 Å². The molecule has 0 aromatic carbocycles. The predicted octanol–water partition coefficient (Wildman–Crippen LogP) is 1.94. The van der Waals surface area contributed by atoms with Crippen LogP contribution >= 0.6 is 0 Å². The number of alkyl halides is 6. The first-order valence-corrected chi connectivity index (χ1v) is 6.26. The van der Waals surface area contributed by atoms with E-state index in [1.807, 2.05) is 0 Å². The molecule has 2 aliphatic rings. The lowest BCUT2D eigenvalue weighted by molar-refractivity contribution is -0.277. The van der Waals surface area contributed by atoms with Gasteiger partial charge in [0.1, 0.15) is 0 Å². The average Bonchev–Trinajstić information content (AvgIpc) is 2.68. The minimum atomic E-state index is -5.61. The van der Waals surface area contributed by atoms with Crippen LogP contribution in [-0.4, -0.2) is 48.8 Å². The third-order valence-electron chi connectivity index (χ3n) is 3.81. The van der Waals surface area contributed by atoms with Gasteiger partial charge in [0.15, 0.2) is 0 Å². The number of piperidine rings is 1. The fourth-order valence-electron chi connectivity index (χ4n) is 2.87. The van der Waals surface area contributed by atoms with Crippen LogP contribution in [-0.2, 0) is 4.79 Å². The molecule has 0 aromatic heterocycles. The van der Waals surface area contributed by atoms with Gasteiger partial charge in [-0.2, -0.15) is 26.3 Å². The Balaban J connectivity index is 2.13. The molecule has 2 fully saturated rings. The molecule has 2 rings (SSSR count). The molecule has 1 amide bonds. The third kappa shape index (κ3) is 3.02. The SMILES string of the molecule is O=C(C(C(F)(F)F)C(F)(F)F)N1C[C@@H]2CCCN[C@@H]2C1. The van der Waals surface area contributed by atoms with Gasteiger partial charge in [-0.1, -0.05) is 0 Å². The Kier molecular flexibility index (Phi) is 3.92. The van der Waals surface area contributed by atoms with E-state index < -0.39 is 24.2 Å². The number of hydrogen-bond acceptors (Lipinski definition) is 2. The zero-order valence-electron chi connectivity index (χ0n) is 10.4. The first kappa shape index (κ1) is 15.4. The molecule has 0 bridgehead atoms.